The molecular formula is C7H8Cl2N2. The van der Waals surface area contributed by atoms with Crippen LogP contribution in [-0.2, 0) is 0 Å². The Labute approximate surface area is 75.3 Å². The van der Waals surface area contributed by atoms with E-state index in [1.165, 1.54) is 18.4 Å². The van der Waals surface area contributed by atoms with Crippen LogP contribution in [0.3, 0.4) is 0 Å². The molecule has 4 heteroatoms. The lowest BCUT2D eigenvalue weighted by Crippen LogP contribution is -2.21. The fourth-order valence-electron chi connectivity index (χ4n) is 1.15. The van der Waals surface area contributed by atoms with Crippen molar-refractivity contribution < 1.29 is 0 Å². The van der Waals surface area contributed by atoms with Gasteiger partial charge in [-0.25, -0.2) is 4.99 Å². The van der Waals surface area contributed by atoms with Gasteiger partial charge in [0, 0.05) is 6.20 Å². The smallest absolute Gasteiger partial charge is 0.197 e. The Morgan fingerprint density at radius 3 is 2.82 bits per heavy atom. The molecule has 2 nitrogen and oxygen atoms in total. The van der Waals surface area contributed by atoms with Gasteiger partial charge in [0.2, 0.25) is 0 Å². The maximum absolute atomic E-state index is 5.93. The number of halogens is 2. The molecule has 11 heavy (non-hydrogen) atoms. The van der Waals surface area contributed by atoms with E-state index in [-0.39, 0.29) is 5.50 Å². The molecule has 2 aliphatic rings. The summed E-state index contributed by atoms with van der Waals surface area (Å²) in [5.74, 6) is 0.651. The predicted molar refractivity (Wildman–Crippen MR) is 46.9 cm³/mol. The van der Waals surface area contributed by atoms with Crippen molar-refractivity contribution in [3.63, 3.8) is 0 Å². The summed E-state index contributed by atoms with van der Waals surface area (Å²) in [6.07, 6.45) is 4.36. The molecule has 1 aliphatic carbocycles. The largest absolute Gasteiger partial charge is 0.337 e. The third-order valence-electron chi connectivity index (χ3n) is 1.91. The minimum absolute atomic E-state index is 0.240. The van der Waals surface area contributed by atoms with Crippen molar-refractivity contribution in [2.24, 2.45) is 10.9 Å². The Morgan fingerprint density at radius 1 is 1.55 bits per heavy atom. The van der Waals surface area contributed by atoms with Crippen molar-refractivity contribution in [1.29, 1.82) is 0 Å². The van der Waals surface area contributed by atoms with E-state index in [2.05, 4.69) is 10.3 Å². The van der Waals surface area contributed by atoms with Crippen LogP contribution in [0.15, 0.2) is 16.8 Å². The lowest BCUT2D eigenvalue weighted by molar-refractivity contribution is 0.857. The third-order valence-corrected chi connectivity index (χ3v) is 2.46. The maximum atomic E-state index is 5.93. The normalized spacial score (nSPS) is 30.5. The van der Waals surface area contributed by atoms with E-state index in [1.807, 2.05) is 6.20 Å². The topological polar surface area (TPSA) is 24.4 Å². The van der Waals surface area contributed by atoms with Crippen LogP contribution in [0.5, 0.6) is 0 Å². The van der Waals surface area contributed by atoms with Gasteiger partial charge in [0.25, 0.3) is 0 Å². The van der Waals surface area contributed by atoms with Crippen LogP contribution in [0.1, 0.15) is 12.8 Å². The van der Waals surface area contributed by atoms with Crippen molar-refractivity contribution >= 4 is 28.5 Å². The number of amidine groups is 1. The fourth-order valence-corrected chi connectivity index (χ4v) is 1.69. The summed E-state index contributed by atoms with van der Waals surface area (Å²) in [5, 5.41) is 3.24. The van der Waals surface area contributed by atoms with Gasteiger partial charge in [0.15, 0.2) is 5.29 Å². The van der Waals surface area contributed by atoms with Crippen molar-refractivity contribution in [3.05, 3.63) is 11.8 Å². The van der Waals surface area contributed by atoms with Crippen LogP contribution >= 0.6 is 23.2 Å². The third kappa shape index (κ3) is 1.52. The second kappa shape index (κ2) is 2.68. The quantitative estimate of drug-likeness (QED) is 0.497. The van der Waals surface area contributed by atoms with Crippen LogP contribution in [0.25, 0.3) is 0 Å². The van der Waals surface area contributed by atoms with E-state index in [1.54, 1.807) is 0 Å². The van der Waals surface area contributed by atoms with Crippen LogP contribution in [0.4, 0.5) is 0 Å². The molecule has 0 spiro atoms. The average Bonchev–Trinajstić information content (AvgIpc) is 2.70. The molecule has 1 unspecified atom stereocenters. The Bertz CT molecular complexity index is 231. The van der Waals surface area contributed by atoms with Gasteiger partial charge >= 0.3 is 0 Å². The Kier molecular flexibility index (Phi) is 1.81. The van der Waals surface area contributed by atoms with Gasteiger partial charge in [-0.15, -0.1) is 0 Å². The molecule has 1 saturated carbocycles. The van der Waals surface area contributed by atoms with Gasteiger partial charge in [0.05, 0.1) is 0 Å². The summed E-state index contributed by atoms with van der Waals surface area (Å²) in [7, 11) is 0. The summed E-state index contributed by atoms with van der Waals surface area (Å²) in [4.78, 5) is 3.99. The lowest BCUT2D eigenvalue weighted by Gasteiger charge is -2.15. The van der Waals surface area contributed by atoms with Crippen molar-refractivity contribution in [2.45, 2.75) is 18.3 Å². The first-order chi connectivity index (χ1) is 5.27. The first kappa shape index (κ1) is 7.44. The molecular weight excluding hydrogens is 183 g/mol. The zero-order valence-electron chi connectivity index (χ0n) is 5.85. The molecule has 2 rings (SSSR count). The first-order valence-corrected chi connectivity index (χ1v) is 4.42. The number of aliphatic imine (C=N–C) groups is 1. The van der Waals surface area contributed by atoms with E-state index in [0.29, 0.717) is 11.2 Å². The van der Waals surface area contributed by atoms with Gasteiger partial charge in [-0.1, -0.05) is 11.6 Å². The van der Waals surface area contributed by atoms with E-state index in [9.17, 15) is 0 Å². The van der Waals surface area contributed by atoms with Crippen LogP contribution in [-0.4, -0.2) is 10.8 Å². The van der Waals surface area contributed by atoms with E-state index >= 15 is 0 Å². The SMILES string of the molecule is ClC1=NC(Cl)C(C2CC2)=CN1. The van der Waals surface area contributed by atoms with E-state index < -0.39 is 0 Å². The fraction of sp³-hybridized carbons (Fsp3) is 0.571. The average molecular weight is 191 g/mol. The summed E-state index contributed by atoms with van der Waals surface area (Å²) >= 11 is 11.5. The van der Waals surface area contributed by atoms with Crippen LogP contribution in [0, 0.1) is 5.92 Å². The number of nitrogens with zero attached hydrogens (tertiary/aromatic N) is 1. The highest BCUT2D eigenvalue weighted by Crippen LogP contribution is 2.40. The second-order valence-electron chi connectivity index (χ2n) is 2.82. The van der Waals surface area contributed by atoms with Gasteiger partial charge in [0.1, 0.15) is 5.50 Å². The van der Waals surface area contributed by atoms with Gasteiger partial charge in [-0.05, 0) is 35.9 Å². The van der Waals surface area contributed by atoms with Gasteiger partial charge in [-0.2, -0.15) is 0 Å². The first-order valence-electron chi connectivity index (χ1n) is 3.61. The molecule has 1 aliphatic heterocycles. The van der Waals surface area contributed by atoms with E-state index in [4.69, 9.17) is 23.2 Å². The van der Waals surface area contributed by atoms with Gasteiger partial charge in [-0.3, -0.25) is 0 Å². The zero-order valence-corrected chi connectivity index (χ0v) is 7.36. The Balaban J connectivity index is 2.11. The molecule has 0 aromatic rings. The monoisotopic (exact) mass is 190 g/mol. The minimum atomic E-state index is -0.240. The highest BCUT2D eigenvalue weighted by Gasteiger charge is 2.31. The maximum Gasteiger partial charge on any atom is 0.197 e. The van der Waals surface area contributed by atoms with E-state index in [0.717, 1.165) is 0 Å². The molecule has 60 valence electrons. The second-order valence-corrected chi connectivity index (χ2v) is 3.59. The van der Waals surface area contributed by atoms with Crippen molar-refractivity contribution in [2.75, 3.05) is 0 Å². The molecule has 0 saturated heterocycles. The molecule has 1 atom stereocenters. The molecule has 1 N–H and O–H groups in total. The standard InChI is InChI=1S/C7H8Cl2N2/c8-6-5(4-1-2-4)3-10-7(9)11-6/h3-4,6H,1-2H2,(H,10,11). The Hall–Kier alpha value is -0.210. The number of nitrogens with one attached hydrogen (secondary N) is 1. The molecule has 1 heterocycles. The summed E-state index contributed by atoms with van der Waals surface area (Å²) < 4.78 is 0. The highest BCUT2D eigenvalue weighted by atomic mass is 35.5. The van der Waals surface area contributed by atoms with Crippen LogP contribution < -0.4 is 5.32 Å². The number of rotatable bonds is 1. The number of hydrogen-bond donors (Lipinski definition) is 1. The molecule has 0 aromatic heterocycles. The number of hydrogen-bond acceptors (Lipinski definition) is 2. The molecule has 0 amide bonds. The molecule has 0 aromatic carbocycles. The predicted octanol–water partition coefficient (Wildman–Crippen LogP) is 2.04. The lowest BCUT2D eigenvalue weighted by atomic mass is 10.2. The Morgan fingerprint density at radius 2 is 2.27 bits per heavy atom. The molecule has 0 bridgehead atoms. The summed E-state index contributed by atoms with van der Waals surface area (Å²) in [5.41, 5.74) is 0.937. The van der Waals surface area contributed by atoms with Crippen molar-refractivity contribution in [3.8, 4) is 0 Å². The highest BCUT2D eigenvalue weighted by molar-refractivity contribution is 6.65. The minimum Gasteiger partial charge on any atom is -0.337 e. The van der Waals surface area contributed by atoms with Crippen molar-refractivity contribution in [1.82, 2.24) is 5.32 Å². The van der Waals surface area contributed by atoms with Crippen LogP contribution in [0.2, 0.25) is 0 Å². The molecule has 0 radical (unpaired) electrons. The zero-order chi connectivity index (χ0) is 7.84. The summed E-state index contributed by atoms with van der Waals surface area (Å²) in [6, 6.07) is 0. The summed E-state index contributed by atoms with van der Waals surface area (Å²) in [6.45, 7) is 0. The van der Waals surface area contributed by atoms with Gasteiger partial charge < -0.3 is 5.32 Å². The molecule has 1 fully saturated rings. The number of alkyl halides is 1.